The number of morpholine rings is 1. The fourth-order valence-electron chi connectivity index (χ4n) is 3.50. The number of nitrogens with zero attached hydrogens (tertiary/aromatic N) is 4. The molecule has 1 aliphatic rings. The molecule has 1 fully saturated rings. The minimum absolute atomic E-state index is 0.122. The number of nitriles is 2. The van der Waals surface area contributed by atoms with Gasteiger partial charge in [-0.25, -0.2) is 0 Å². The lowest BCUT2D eigenvalue weighted by molar-refractivity contribution is -0.0378. The van der Waals surface area contributed by atoms with E-state index in [0.717, 1.165) is 26.2 Å². The molecule has 7 nitrogen and oxygen atoms in total. The molecule has 3 rings (SSSR count). The third-order valence-electron chi connectivity index (χ3n) is 5.15. The zero-order chi connectivity index (χ0) is 21.9. The first-order valence-corrected chi connectivity index (χ1v) is 10.5. The van der Waals surface area contributed by atoms with Gasteiger partial charge < -0.3 is 19.1 Å². The Hall–Kier alpha value is -3.10. The molecule has 0 unspecified atom stereocenters. The average Bonchev–Trinajstić information content (AvgIpc) is 2.79. The smallest absolute Gasteiger partial charge is 0.137 e. The van der Waals surface area contributed by atoms with Crippen LogP contribution in [0, 0.1) is 22.7 Å². The van der Waals surface area contributed by atoms with Crippen molar-refractivity contribution in [3.8, 4) is 23.6 Å². The molecule has 1 atom stereocenters. The maximum atomic E-state index is 9.23. The molecule has 162 valence electrons. The average molecular weight is 421 g/mol. The first-order valence-electron chi connectivity index (χ1n) is 10.5. The summed E-state index contributed by atoms with van der Waals surface area (Å²) in [6, 6.07) is 18.8. The maximum absolute atomic E-state index is 9.23. The van der Waals surface area contributed by atoms with Crippen molar-refractivity contribution < 1.29 is 14.2 Å². The zero-order valence-corrected chi connectivity index (χ0v) is 17.9. The van der Waals surface area contributed by atoms with Gasteiger partial charge in [0.2, 0.25) is 0 Å². The van der Waals surface area contributed by atoms with Gasteiger partial charge in [-0.2, -0.15) is 10.5 Å². The summed E-state index contributed by atoms with van der Waals surface area (Å²) in [5, 5.41) is 18.5. The summed E-state index contributed by atoms with van der Waals surface area (Å²) in [6.07, 6.45) is 0.122. The van der Waals surface area contributed by atoms with Crippen LogP contribution < -0.4 is 9.47 Å². The minimum atomic E-state index is 0.122. The van der Waals surface area contributed by atoms with Crippen molar-refractivity contribution in [2.24, 2.45) is 0 Å². The molecule has 0 aromatic heterocycles. The number of para-hydroxylation sites is 2. The Labute approximate surface area is 184 Å². The van der Waals surface area contributed by atoms with Crippen LogP contribution >= 0.6 is 0 Å². The van der Waals surface area contributed by atoms with Gasteiger partial charge in [-0.05, 0) is 31.3 Å². The molecule has 0 aliphatic carbocycles. The molecule has 1 heterocycles. The predicted molar refractivity (Wildman–Crippen MR) is 117 cm³/mol. The quantitative estimate of drug-likeness (QED) is 0.584. The molecule has 2 aromatic carbocycles. The zero-order valence-electron chi connectivity index (χ0n) is 17.9. The molecule has 0 amide bonds. The second-order valence-corrected chi connectivity index (χ2v) is 7.47. The van der Waals surface area contributed by atoms with E-state index in [1.165, 1.54) is 0 Å². The van der Waals surface area contributed by atoms with Crippen LogP contribution in [-0.4, -0.2) is 75.5 Å². The normalized spacial score (nSPS) is 16.5. The Morgan fingerprint density at radius 2 is 1.52 bits per heavy atom. The molecular weight excluding hydrogens is 392 g/mol. The molecule has 0 radical (unpaired) electrons. The molecule has 0 N–H and O–H groups in total. The maximum Gasteiger partial charge on any atom is 0.137 e. The van der Waals surface area contributed by atoms with Gasteiger partial charge in [0.1, 0.15) is 36.9 Å². The van der Waals surface area contributed by atoms with Crippen molar-refractivity contribution in [2.45, 2.75) is 6.10 Å². The fraction of sp³-hybridized carbons (Fsp3) is 0.417. The molecule has 0 spiro atoms. The molecule has 1 aliphatic heterocycles. The summed E-state index contributed by atoms with van der Waals surface area (Å²) in [4.78, 5) is 4.51. The standard InChI is InChI=1S/C24H28N4O3/c1-27-10-13-29-22(18-27)19-28(11-14-30-23-8-4-2-6-20(23)16-25)12-15-31-24-9-5-3-7-21(24)17-26/h2-9,22H,10-15,18-19H2,1H3/t22-/m0/s1. The van der Waals surface area contributed by atoms with E-state index in [1.54, 1.807) is 12.1 Å². The summed E-state index contributed by atoms with van der Waals surface area (Å²) in [6.45, 7) is 5.57. The summed E-state index contributed by atoms with van der Waals surface area (Å²) in [7, 11) is 2.10. The van der Waals surface area contributed by atoms with Gasteiger partial charge in [0.05, 0.1) is 23.8 Å². The van der Waals surface area contributed by atoms with Crippen LogP contribution in [0.4, 0.5) is 0 Å². The molecular formula is C24H28N4O3. The highest BCUT2D eigenvalue weighted by atomic mass is 16.5. The van der Waals surface area contributed by atoms with E-state index < -0.39 is 0 Å². The third-order valence-corrected chi connectivity index (χ3v) is 5.15. The van der Waals surface area contributed by atoms with Gasteiger partial charge in [-0.1, -0.05) is 24.3 Å². The van der Waals surface area contributed by atoms with Crippen LogP contribution in [0.5, 0.6) is 11.5 Å². The number of ether oxygens (including phenoxy) is 3. The van der Waals surface area contributed by atoms with Crippen molar-refractivity contribution >= 4 is 0 Å². The van der Waals surface area contributed by atoms with Crippen LogP contribution in [0.25, 0.3) is 0 Å². The van der Waals surface area contributed by atoms with E-state index in [9.17, 15) is 10.5 Å². The molecule has 0 saturated carbocycles. The summed E-state index contributed by atoms with van der Waals surface area (Å²) in [5.74, 6) is 1.19. The van der Waals surface area contributed by atoms with Gasteiger partial charge in [0.25, 0.3) is 0 Å². The second-order valence-electron chi connectivity index (χ2n) is 7.47. The Bertz CT molecular complexity index is 858. The van der Waals surface area contributed by atoms with Crippen molar-refractivity contribution in [2.75, 3.05) is 59.6 Å². The number of likely N-dealkylation sites (N-methyl/N-ethyl adjacent to an activating group) is 1. The number of hydrogen-bond acceptors (Lipinski definition) is 7. The van der Waals surface area contributed by atoms with Gasteiger partial charge in [0.15, 0.2) is 0 Å². The van der Waals surface area contributed by atoms with Crippen molar-refractivity contribution in [1.29, 1.82) is 10.5 Å². The van der Waals surface area contributed by atoms with E-state index in [2.05, 4.69) is 29.0 Å². The fourth-order valence-corrected chi connectivity index (χ4v) is 3.50. The summed E-state index contributed by atoms with van der Waals surface area (Å²) < 4.78 is 17.7. The first-order chi connectivity index (χ1) is 15.2. The Morgan fingerprint density at radius 3 is 2.03 bits per heavy atom. The van der Waals surface area contributed by atoms with Crippen molar-refractivity contribution in [3.63, 3.8) is 0 Å². The lowest BCUT2D eigenvalue weighted by Gasteiger charge is -2.34. The van der Waals surface area contributed by atoms with Gasteiger partial charge in [-0.15, -0.1) is 0 Å². The van der Waals surface area contributed by atoms with E-state index in [4.69, 9.17) is 14.2 Å². The highest BCUT2D eigenvalue weighted by Crippen LogP contribution is 2.18. The molecule has 2 aromatic rings. The highest BCUT2D eigenvalue weighted by molar-refractivity contribution is 5.43. The number of benzene rings is 2. The van der Waals surface area contributed by atoms with Crippen LogP contribution in [0.2, 0.25) is 0 Å². The van der Waals surface area contributed by atoms with Gasteiger partial charge in [0, 0.05) is 32.7 Å². The van der Waals surface area contributed by atoms with Gasteiger partial charge in [-0.3, -0.25) is 4.90 Å². The predicted octanol–water partition coefficient (Wildman–Crippen LogP) is 2.52. The SMILES string of the molecule is CN1CCO[C@H](CN(CCOc2ccccc2C#N)CCOc2ccccc2C#N)C1. The van der Waals surface area contributed by atoms with Crippen LogP contribution in [0.1, 0.15) is 11.1 Å². The monoisotopic (exact) mass is 420 g/mol. The van der Waals surface area contributed by atoms with Crippen molar-refractivity contribution in [1.82, 2.24) is 9.80 Å². The number of rotatable bonds is 10. The lowest BCUT2D eigenvalue weighted by atomic mass is 10.2. The minimum Gasteiger partial charge on any atom is -0.491 e. The first kappa shape index (κ1) is 22.6. The van der Waals surface area contributed by atoms with Crippen LogP contribution in [-0.2, 0) is 4.74 Å². The Morgan fingerprint density at radius 1 is 0.968 bits per heavy atom. The highest BCUT2D eigenvalue weighted by Gasteiger charge is 2.21. The topological polar surface area (TPSA) is 81.8 Å². The molecule has 31 heavy (non-hydrogen) atoms. The van der Waals surface area contributed by atoms with E-state index >= 15 is 0 Å². The number of hydrogen-bond donors (Lipinski definition) is 0. The molecule has 1 saturated heterocycles. The second kappa shape index (κ2) is 11.9. The summed E-state index contributed by atoms with van der Waals surface area (Å²) in [5.41, 5.74) is 1.06. The third kappa shape index (κ3) is 6.97. The Kier molecular flexibility index (Phi) is 8.69. The lowest BCUT2D eigenvalue weighted by Crippen LogP contribution is -2.47. The van der Waals surface area contributed by atoms with Crippen LogP contribution in [0.3, 0.4) is 0 Å². The molecule has 7 heteroatoms. The van der Waals surface area contributed by atoms with Crippen LogP contribution in [0.15, 0.2) is 48.5 Å². The van der Waals surface area contributed by atoms with Crippen molar-refractivity contribution in [3.05, 3.63) is 59.7 Å². The van der Waals surface area contributed by atoms with E-state index in [-0.39, 0.29) is 6.10 Å². The van der Waals surface area contributed by atoms with Gasteiger partial charge >= 0.3 is 0 Å². The Balaban J connectivity index is 1.56. The summed E-state index contributed by atoms with van der Waals surface area (Å²) >= 11 is 0. The van der Waals surface area contributed by atoms with E-state index in [1.807, 2.05) is 36.4 Å². The largest absolute Gasteiger partial charge is 0.491 e. The van der Waals surface area contributed by atoms with E-state index in [0.29, 0.717) is 48.9 Å². The molecule has 0 bridgehead atoms.